The molecule has 2 aliphatic heterocycles. The molecule has 2 aliphatic rings. The monoisotopic (exact) mass is 348 g/mol. The fourth-order valence-corrected chi connectivity index (χ4v) is 2.98. The van der Waals surface area contributed by atoms with E-state index in [1.807, 2.05) is 0 Å². The molecule has 150 valence electrons. The molecule has 0 bridgehead atoms. The summed E-state index contributed by atoms with van der Waals surface area (Å²) in [6, 6.07) is 1.67. The predicted molar refractivity (Wildman–Crippen MR) is 109 cm³/mol. The maximum atomic E-state index is 2.43. The highest BCUT2D eigenvalue weighted by atomic mass is 16.0. The van der Waals surface area contributed by atoms with Crippen LogP contribution in [0.4, 0.5) is 0 Å². The first-order valence-corrected chi connectivity index (χ1v) is 9.93. The second kappa shape index (κ2) is 19.2. The Morgan fingerprint density at radius 3 is 1.17 bits per heavy atom. The number of unbranched alkanes of at least 4 members (excludes halogenated alkanes) is 3. The number of hydrogen-bond donors (Lipinski definition) is 0. The average Bonchev–Trinajstić information content (AvgIpc) is 2.52. The van der Waals surface area contributed by atoms with Crippen molar-refractivity contribution in [2.75, 3.05) is 27.2 Å². The van der Waals surface area contributed by atoms with Gasteiger partial charge in [0.25, 0.3) is 0 Å². The normalized spacial score (nSPS) is 24.2. The Morgan fingerprint density at radius 1 is 0.667 bits per heavy atom. The first-order chi connectivity index (χ1) is 10.5. The maximum absolute atomic E-state index is 2.43. The molecule has 2 heterocycles. The van der Waals surface area contributed by atoms with E-state index < -0.39 is 0 Å². The van der Waals surface area contributed by atoms with E-state index in [0.29, 0.717) is 0 Å². The number of piperidine rings is 2. The van der Waals surface area contributed by atoms with Crippen molar-refractivity contribution >= 4 is 0 Å². The molecular weight excluding hydrogens is 300 g/mol. The topological polar surface area (TPSA) is 69.5 Å². The van der Waals surface area contributed by atoms with Crippen LogP contribution < -0.4 is 0 Å². The van der Waals surface area contributed by atoms with Gasteiger partial charge in [0, 0.05) is 12.1 Å². The van der Waals surface area contributed by atoms with Gasteiger partial charge in [0.2, 0.25) is 0 Å². The van der Waals surface area contributed by atoms with Gasteiger partial charge in [0.15, 0.2) is 0 Å². The third-order valence-corrected chi connectivity index (χ3v) is 5.23. The van der Waals surface area contributed by atoms with Gasteiger partial charge in [-0.2, -0.15) is 0 Å². The zero-order valence-electron chi connectivity index (χ0n) is 17.5. The van der Waals surface area contributed by atoms with E-state index in [2.05, 4.69) is 51.6 Å². The zero-order valence-corrected chi connectivity index (χ0v) is 17.5. The van der Waals surface area contributed by atoms with Crippen molar-refractivity contribution in [1.29, 1.82) is 0 Å². The largest absolute Gasteiger partial charge is 0.412 e. The van der Waals surface area contributed by atoms with Crippen molar-refractivity contribution in [3.63, 3.8) is 0 Å². The van der Waals surface area contributed by atoms with Gasteiger partial charge < -0.3 is 20.8 Å². The van der Waals surface area contributed by atoms with Gasteiger partial charge in [-0.05, 0) is 66.7 Å². The van der Waals surface area contributed by atoms with E-state index in [4.69, 9.17) is 0 Å². The summed E-state index contributed by atoms with van der Waals surface area (Å²) in [4.78, 5) is 4.87. The molecule has 2 atom stereocenters. The van der Waals surface area contributed by atoms with E-state index in [-0.39, 0.29) is 11.0 Å². The molecule has 0 aromatic carbocycles. The molecule has 2 fully saturated rings. The molecule has 2 unspecified atom stereocenters. The minimum Gasteiger partial charge on any atom is -0.412 e. The third-order valence-electron chi connectivity index (χ3n) is 5.23. The van der Waals surface area contributed by atoms with Crippen LogP contribution >= 0.6 is 0 Å². The summed E-state index contributed by atoms with van der Waals surface area (Å²) >= 11 is 0. The van der Waals surface area contributed by atoms with Crippen LogP contribution in [0.2, 0.25) is 0 Å². The van der Waals surface area contributed by atoms with Gasteiger partial charge in [0.1, 0.15) is 0 Å². The van der Waals surface area contributed by atoms with Crippen LogP contribution in [0.25, 0.3) is 0 Å². The first kappa shape index (κ1) is 28.6. The molecular formula is C20H48N2O2. The summed E-state index contributed by atoms with van der Waals surface area (Å²) in [5.41, 5.74) is 0. The summed E-state index contributed by atoms with van der Waals surface area (Å²) in [7, 11) is 4.42. The van der Waals surface area contributed by atoms with E-state index in [1.54, 1.807) is 0 Å². The molecule has 0 aliphatic carbocycles. The lowest BCUT2D eigenvalue weighted by atomic mass is 10.1. The predicted octanol–water partition coefficient (Wildman–Crippen LogP) is 3.92. The molecule has 0 radical (unpaired) electrons. The number of rotatable bonds is 3. The second-order valence-electron chi connectivity index (χ2n) is 7.36. The number of hydrogen-bond acceptors (Lipinski definition) is 2. The Bertz CT molecular complexity index is 196. The van der Waals surface area contributed by atoms with Crippen LogP contribution in [0.1, 0.15) is 91.9 Å². The Kier molecular flexibility index (Phi) is 22.9. The standard InChI is InChI=1S/2C7H15N.C6H14.2H2O/c2*1-7-5-3-4-6-8(7)2;1-3-5-6-4-2;;/h2*7H,3-6H2,1-2H3;3-6H2,1-2H3;2*1H2. The van der Waals surface area contributed by atoms with Crippen LogP contribution in [0.5, 0.6) is 0 Å². The van der Waals surface area contributed by atoms with Crippen molar-refractivity contribution in [3.05, 3.63) is 0 Å². The Labute approximate surface area is 152 Å². The first-order valence-electron chi connectivity index (χ1n) is 9.93. The minimum atomic E-state index is 0. The third kappa shape index (κ3) is 15.4. The van der Waals surface area contributed by atoms with Gasteiger partial charge in [-0.3, -0.25) is 0 Å². The van der Waals surface area contributed by atoms with Crippen LogP contribution in [0.3, 0.4) is 0 Å². The number of likely N-dealkylation sites (tertiary alicyclic amines) is 2. The molecule has 2 saturated heterocycles. The van der Waals surface area contributed by atoms with E-state index >= 15 is 0 Å². The smallest absolute Gasteiger partial charge is 0.00638 e. The molecule has 2 rings (SSSR count). The fourth-order valence-electron chi connectivity index (χ4n) is 2.98. The van der Waals surface area contributed by atoms with E-state index in [1.165, 1.54) is 77.3 Å². The lowest BCUT2D eigenvalue weighted by Crippen LogP contribution is -2.33. The number of nitrogens with zero attached hydrogens (tertiary/aromatic N) is 2. The lowest BCUT2D eigenvalue weighted by molar-refractivity contribution is 0.200. The Hall–Kier alpha value is -0.160. The summed E-state index contributed by atoms with van der Waals surface area (Å²) in [5.74, 6) is 0. The SMILES string of the molecule is CC1CCCCN1C.CC1CCCCN1C.CCCCCC.O.O. The van der Waals surface area contributed by atoms with Gasteiger partial charge in [-0.25, -0.2) is 0 Å². The molecule has 4 N–H and O–H groups in total. The summed E-state index contributed by atoms with van der Waals surface area (Å²) in [6.07, 6.45) is 14.0. The van der Waals surface area contributed by atoms with Gasteiger partial charge in [-0.15, -0.1) is 0 Å². The Balaban J connectivity index is -0.000000268. The molecule has 0 spiro atoms. The van der Waals surface area contributed by atoms with Crippen LogP contribution in [-0.2, 0) is 0 Å². The van der Waals surface area contributed by atoms with Gasteiger partial charge in [-0.1, -0.05) is 52.4 Å². The molecule has 24 heavy (non-hydrogen) atoms. The van der Waals surface area contributed by atoms with Crippen molar-refractivity contribution < 1.29 is 11.0 Å². The van der Waals surface area contributed by atoms with Crippen LogP contribution in [0.15, 0.2) is 0 Å². The summed E-state index contributed by atoms with van der Waals surface area (Å²) in [6.45, 7) is 11.7. The van der Waals surface area contributed by atoms with Crippen molar-refractivity contribution in [3.8, 4) is 0 Å². The van der Waals surface area contributed by atoms with Crippen LogP contribution in [-0.4, -0.2) is 60.0 Å². The van der Waals surface area contributed by atoms with Gasteiger partial charge in [0.05, 0.1) is 0 Å². The van der Waals surface area contributed by atoms with Crippen molar-refractivity contribution in [1.82, 2.24) is 9.80 Å². The van der Waals surface area contributed by atoms with Crippen molar-refractivity contribution in [2.24, 2.45) is 0 Å². The molecule has 0 saturated carbocycles. The lowest BCUT2D eigenvalue weighted by Gasteiger charge is -2.29. The molecule has 4 nitrogen and oxygen atoms in total. The second-order valence-corrected chi connectivity index (χ2v) is 7.36. The van der Waals surface area contributed by atoms with Crippen LogP contribution in [0, 0.1) is 0 Å². The highest BCUT2D eigenvalue weighted by Crippen LogP contribution is 2.13. The fraction of sp³-hybridized carbons (Fsp3) is 1.00. The molecule has 0 aromatic heterocycles. The highest BCUT2D eigenvalue weighted by Gasteiger charge is 2.13. The molecule has 0 amide bonds. The molecule has 4 heteroatoms. The van der Waals surface area contributed by atoms with Gasteiger partial charge >= 0.3 is 0 Å². The summed E-state index contributed by atoms with van der Waals surface area (Å²) in [5, 5.41) is 0. The van der Waals surface area contributed by atoms with Crippen molar-refractivity contribution in [2.45, 2.75) is 104 Å². The molecule has 0 aromatic rings. The van der Waals surface area contributed by atoms with E-state index in [9.17, 15) is 0 Å². The average molecular weight is 349 g/mol. The highest BCUT2D eigenvalue weighted by molar-refractivity contribution is 4.69. The maximum Gasteiger partial charge on any atom is 0.00638 e. The quantitative estimate of drug-likeness (QED) is 0.725. The zero-order chi connectivity index (χ0) is 16.8. The minimum absolute atomic E-state index is 0. The summed E-state index contributed by atoms with van der Waals surface area (Å²) < 4.78 is 0. The van der Waals surface area contributed by atoms with E-state index in [0.717, 1.165) is 12.1 Å². The Morgan fingerprint density at radius 2 is 1.00 bits per heavy atom.